The molecule has 80 valence electrons. The van der Waals surface area contributed by atoms with Crippen LogP contribution in [0.4, 0.5) is 4.79 Å². The Bertz CT molecular complexity index is 390. The summed E-state index contributed by atoms with van der Waals surface area (Å²) in [5.74, 6) is -0.366. The van der Waals surface area contributed by atoms with E-state index in [1.807, 2.05) is 5.43 Å². The number of primary amides is 1. The summed E-state index contributed by atoms with van der Waals surface area (Å²) < 4.78 is 0. The van der Waals surface area contributed by atoms with Crippen LogP contribution in [-0.4, -0.2) is 22.5 Å². The number of urea groups is 1. The Morgan fingerprint density at radius 2 is 2.20 bits per heavy atom. The van der Waals surface area contributed by atoms with Crippen molar-refractivity contribution < 1.29 is 15.0 Å². The molecule has 0 aliphatic heterocycles. The first-order chi connectivity index (χ1) is 7.09. The van der Waals surface area contributed by atoms with E-state index < -0.39 is 6.03 Å². The molecule has 0 aliphatic carbocycles. The highest BCUT2D eigenvalue weighted by Crippen LogP contribution is 2.24. The van der Waals surface area contributed by atoms with E-state index in [1.165, 1.54) is 18.3 Å². The van der Waals surface area contributed by atoms with Gasteiger partial charge in [0.05, 0.1) is 0 Å². The van der Waals surface area contributed by atoms with Gasteiger partial charge in [-0.15, -0.1) is 0 Å². The molecule has 6 heteroatoms. The number of hydrogen-bond acceptors (Lipinski definition) is 4. The van der Waals surface area contributed by atoms with E-state index in [-0.39, 0.29) is 11.5 Å². The molecule has 0 unspecified atom stereocenters. The Balaban J connectivity index is 2.54. The van der Waals surface area contributed by atoms with Crippen LogP contribution in [0, 0.1) is 0 Å². The maximum absolute atomic E-state index is 10.2. The first-order valence-corrected chi connectivity index (χ1v) is 4.17. The maximum Gasteiger partial charge on any atom is 0.332 e. The number of carbonyl (C=O) groups excluding carboxylic acids is 1. The molecule has 0 heterocycles. The van der Waals surface area contributed by atoms with Crippen molar-refractivity contribution in [3.05, 3.63) is 23.8 Å². The Kier molecular flexibility index (Phi) is 3.50. The monoisotopic (exact) mass is 209 g/mol. The molecule has 0 atom stereocenters. The third kappa shape index (κ3) is 3.55. The second-order valence-corrected chi connectivity index (χ2v) is 2.81. The molecule has 1 aromatic rings. The fraction of sp³-hybridized carbons (Fsp3) is 0.111. The predicted molar refractivity (Wildman–Crippen MR) is 54.7 cm³/mol. The van der Waals surface area contributed by atoms with Crippen LogP contribution >= 0.6 is 0 Å². The molecule has 6 nitrogen and oxygen atoms in total. The summed E-state index contributed by atoms with van der Waals surface area (Å²) >= 11 is 0. The first-order valence-electron chi connectivity index (χ1n) is 4.17. The van der Waals surface area contributed by atoms with Crippen molar-refractivity contribution >= 4 is 12.2 Å². The normalized spacial score (nSPS) is 10.4. The summed E-state index contributed by atoms with van der Waals surface area (Å²) in [6.07, 6.45) is 1.84. The van der Waals surface area contributed by atoms with Crippen molar-refractivity contribution in [2.75, 3.05) is 0 Å². The molecule has 5 N–H and O–H groups in total. The van der Waals surface area contributed by atoms with Crippen molar-refractivity contribution in [2.45, 2.75) is 6.42 Å². The highest BCUT2D eigenvalue weighted by molar-refractivity contribution is 5.73. The number of phenols is 2. The van der Waals surface area contributed by atoms with Gasteiger partial charge in [-0.05, 0) is 17.7 Å². The minimum Gasteiger partial charge on any atom is -0.504 e. The zero-order valence-electron chi connectivity index (χ0n) is 7.84. The number of carbonyl (C=O) groups is 1. The van der Waals surface area contributed by atoms with Crippen molar-refractivity contribution in [3.63, 3.8) is 0 Å². The van der Waals surface area contributed by atoms with Crippen molar-refractivity contribution in [2.24, 2.45) is 10.8 Å². The maximum atomic E-state index is 10.2. The molecule has 0 bridgehead atoms. The Morgan fingerprint density at radius 3 is 2.80 bits per heavy atom. The minimum atomic E-state index is -0.736. The molecule has 1 rings (SSSR count). The number of benzene rings is 1. The predicted octanol–water partition coefficient (Wildman–Crippen LogP) is 0.294. The summed E-state index contributed by atoms with van der Waals surface area (Å²) in [5, 5.41) is 21.7. The van der Waals surface area contributed by atoms with Crippen LogP contribution in [0.5, 0.6) is 11.5 Å². The van der Waals surface area contributed by atoms with Gasteiger partial charge in [-0.3, -0.25) is 0 Å². The summed E-state index contributed by atoms with van der Waals surface area (Å²) in [6.45, 7) is 0. The van der Waals surface area contributed by atoms with E-state index in [0.29, 0.717) is 6.42 Å². The number of hydrazone groups is 1. The van der Waals surface area contributed by atoms with Gasteiger partial charge >= 0.3 is 6.03 Å². The van der Waals surface area contributed by atoms with E-state index in [4.69, 9.17) is 15.9 Å². The highest BCUT2D eigenvalue weighted by atomic mass is 16.3. The fourth-order valence-electron chi connectivity index (χ4n) is 0.956. The molecule has 0 spiro atoms. The number of aromatic hydroxyl groups is 2. The summed E-state index contributed by atoms with van der Waals surface area (Å²) in [5.41, 5.74) is 7.57. The van der Waals surface area contributed by atoms with Gasteiger partial charge in [-0.2, -0.15) is 5.10 Å². The van der Waals surface area contributed by atoms with Crippen molar-refractivity contribution in [1.29, 1.82) is 0 Å². The third-order valence-corrected chi connectivity index (χ3v) is 1.63. The second kappa shape index (κ2) is 4.85. The summed E-state index contributed by atoms with van der Waals surface area (Å²) in [7, 11) is 0. The fourth-order valence-corrected chi connectivity index (χ4v) is 0.956. The molecule has 0 saturated heterocycles. The number of nitrogens with two attached hydrogens (primary N) is 1. The quantitative estimate of drug-likeness (QED) is 0.326. The second-order valence-electron chi connectivity index (χ2n) is 2.81. The molecule has 2 amide bonds. The number of nitrogens with zero attached hydrogens (tertiary/aromatic N) is 1. The van der Waals surface area contributed by atoms with Gasteiger partial charge in [0, 0.05) is 12.6 Å². The van der Waals surface area contributed by atoms with Gasteiger partial charge in [-0.1, -0.05) is 6.07 Å². The van der Waals surface area contributed by atoms with Crippen molar-refractivity contribution in [1.82, 2.24) is 5.43 Å². The van der Waals surface area contributed by atoms with E-state index >= 15 is 0 Å². The molecule has 0 radical (unpaired) electrons. The van der Waals surface area contributed by atoms with Crippen LogP contribution in [0.3, 0.4) is 0 Å². The number of hydrogen-bond donors (Lipinski definition) is 4. The molecule has 0 fully saturated rings. The largest absolute Gasteiger partial charge is 0.504 e. The zero-order chi connectivity index (χ0) is 11.3. The van der Waals surface area contributed by atoms with E-state index in [2.05, 4.69) is 5.10 Å². The standard InChI is InChI=1S/C9H11N3O3/c10-9(15)12-11-4-3-6-1-2-7(13)8(14)5-6/h1-2,4-5,13-14H,3H2,(H3,10,12,15)/b11-4-. The van der Waals surface area contributed by atoms with E-state index in [0.717, 1.165) is 5.56 Å². The molecular formula is C9H11N3O3. The Morgan fingerprint density at radius 1 is 1.47 bits per heavy atom. The third-order valence-electron chi connectivity index (χ3n) is 1.63. The molecule has 0 aliphatic rings. The van der Waals surface area contributed by atoms with E-state index in [9.17, 15) is 4.79 Å². The first kappa shape index (κ1) is 10.8. The lowest BCUT2D eigenvalue weighted by molar-refractivity contribution is 0.249. The summed E-state index contributed by atoms with van der Waals surface area (Å²) in [4.78, 5) is 10.2. The Labute approximate surface area is 86.0 Å². The van der Waals surface area contributed by atoms with Crippen LogP contribution in [0.1, 0.15) is 5.56 Å². The van der Waals surface area contributed by atoms with Crippen LogP contribution in [0.15, 0.2) is 23.3 Å². The van der Waals surface area contributed by atoms with Crippen LogP contribution < -0.4 is 11.2 Å². The topological polar surface area (TPSA) is 108 Å². The summed E-state index contributed by atoms with van der Waals surface area (Å²) in [6, 6.07) is 3.68. The molecule has 15 heavy (non-hydrogen) atoms. The van der Waals surface area contributed by atoms with Gasteiger partial charge in [0.25, 0.3) is 0 Å². The van der Waals surface area contributed by atoms with Crippen LogP contribution in [0.25, 0.3) is 0 Å². The lowest BCUT2D eigenvalue weighted by atomic mass is 10.1. The molecule has 1 aromatic carbocycles. The lowest BCUT2D eigenvalue weighted by Gasteiger charge is -1.99. The van der Waals surface area contributed by atoms with Crippen molar-refractivity contribution in [3.8, 4) is 11.5 Å². The molecular weight excluding hydrogens is 198 g/mol. The lowest BCUT2D eigenvalue weighted by Crippen LogP contribution is -2.24. The smallest absolute Gasteiger partial charge is 0.332 e. The number of rotatable bonds is 3. The van der Waals surface area contributed by atoms with Crippen LogP contribution in [0.2, 0.25) is 0 Å². The molecule has 0 saturated carbocycles. The number of nitrogens with one attached hydrogen (secondary N) is 1. The molecule has 0 aromatic heterocycles. The minimum absolute atomic E-state index is 0.175. The van der Waals surface area contributed by atoms with Gasteiger partial charge in [0.15, 0.2) is 11.5 Å². The van der Waals surface area contributed by atoms with Gasteiger partial charge in [0.2, 0.25) is 0 Å². The zero-order valence-corrected chi connectivity index (χ0v) is 7.84. The average molecular weight is 209 g/mol. The van der Waals surface area contributed by atoms with Gasteiger partial charge in [-0.25, -0.2) is 10.2 Å². The Hall–Kier alpha value is -2.24. The SMILES string of the molecule is NC(=O)N/N=C\Cc1ccc(O)c(O)c1. The average Bonchev–Trinajstić information content (AvgIpc) is 2.18. The van der Waals surface area contributed by atoms with E-state index in [1.54, 1.807) is 6.07 Å². The van der Waals surface area contributed by atoms with Gasteiger partial charge < -0.3 is 15.9 Å². The van der Waals surface area contributed by atoms with Crippen LogP contribution in [-0.2, 0) is 6.42 Å². The highest BCUT2D eigenvalue weighted by Gasteiger charge is 1.98. The number of amides is 2. The number of phenolic OH excluding ortho intramolecular Hbond substituents is 2. The van der Waals surface area contributed by atoms with Gasteiger partial charge in [0.1, 0.15) is 0 Å².